The summed E-state index contributed by atoms with van der Waals surface area (Å²) >= 11 is 0. The topological polar surface area (TPSA) is 46.7 Å². The molecule has 12 rings (SSSR count). The van der Waals surface area contributed by atoms with E-state index >= 15 is 0 Å². The van der Waals surface area contributed by atoms with Crippen molar-refractivity contribution < 1.29 is 9.15 Å². The van der Waals surface area contributed by atoms with Crippen LogP contribution in [0.3, 0.4) is 0 Å². The second-order valence-electron chi connectivity index (χ2n) is 19.7. The first-order chi connectivity index (χ1) is 32.0. The molecule has 66 heavy (non-hydrogen) atoms. The zero-order chi connectivity index (χ0) is 44.9. The molecule has 0 N–H and O–H groups in total. The highest BCUT2D eigenvalue weighted by Gasteiger charge is 2.30. The van der Waals surface area contributed by atoms with Gasteiger partial charge in [-0.3, -0.25) is 4.57 Å². The summed E-state index contributed by atoms with van der Waals surface area (Å²) in [5, 5.41) is 6.67. The minimum atomic E-state index is -0.0831. The number of fused-ring (bicyclic) bond motifs is 11. The monoisotopic (exact) mass is 858 g/mol. The molecule has 1 aliphatic rings. The van der Waals surface area contributed by atoms with E-state index in [2.05, 4.69) is 232 Å². The Balaban J connectivity index is 1.03. The Hall–Kier alpha value is -7.83. The standard InChI is InChI=1S/C60H50N4O2/c1-59(2,3)40-19-16-20-42(33-40)62-37-63(52-26-15-14-25-51(52)62)43-31-39(38-17-8-7-9-18-38)32-45(35-43)65-44-27-28-50-53(36-44)64(54-34-41(29-30-61-54)60(4,5)6)56-55-48-23-12-10-21-46(48)47-22-11-13-24-49(47)57(55)66-58(50)56/h7-36H,37H2,1-6H3. The van der Waals surface area contributed by atoms with Crippen LogP contribution in [-0.2, 0) is 10.8 Å². The SMILES string of the molecule is CC(C)(C)c1cccc(N2CN(c3cc(Oc4ccc5c6oc7c8ccccc8c8ccccc8c7c6n(-c6cc(C(C)(C)C)ccn6)c5c4)cc(-c4ccccc4)c3)c3ccccc32)c1. The van der Waals surface area contributed by atoms with Crippen LogP contribution in [0.1, 0.15) is 52.7 Å². The third-order valence-electron chi connectivity index (χ3n) is 13.4. The van der Waals surface area contributed by atoms with Gasteiger partial charge in [0.05, 0.1) is 22.3 Å². The average Bonchev–Trinajstić information content (AvgIpc) is 4.01. The largest absolute Gasteiger partial charge is 0.457 e. The molecule has 11 aromatic rings. The number of rotatable bonds is 6. The molecule has 0 fully saturated rings. The van der Waals surface area contributed by atoms with Crippen LogP contribution in [0.5, 0.6) is 11.5 Å². The number of nitrogens with zero attached hydrogens (tertiary/aromatic N) is 4. The van der Waals surface area contributed by atoms with Crippen molar-refractivity contribution in [3.8, 4) is 28.4 Å². The number of benzene rings is 8. The highest BCUT2D eigenvalue weighted by atomic mass is 16.5. The van der Waals surface area contributed by atoms with Gasteiger partial charge >= 0.3 is 0 Å². The predicted molar refractivity (Wildman–Crippen MR) is 275 cm³/mol. The van der Waals surface area contributed by atoms with E-state index in [1.807, 2.05) is 6.20 Å². The second-order valence-corrected chi connectivity index (χ2v) is 19.7. The van der Waals surface area contributed by atoms with Crippen molar-refractivity contribution in [3.63, 3.8) is 0 Å². The van der Waals surface area contributed by atoms with Crippen LogP contribution >= 0.6 is 0 Å². The van der Waals surface area contributed by atoms with Gasteiger partial charge in [-0.2, -0.15) is 0 Å². The lowest BCUT2D eigenvalue weighted by Gasteiger charge is -2.25. The summed E-state index contributed by atoms with van der Waals surface area (Å²) in [4.78, 5) is 9.88. The minimum Gasteiger partial charge on any atom is -0.457 e. The van der Waals surface area contributed by atoms with E-state index in [1.54, 1.807) is 0 Å². The number of pyridine rings is 1. The van der Waals surface area contributed by atoms with Gasteiger partial charge in [0.25, 0.3) is 0 Å². The Bertz CT molecular complexity index is 3700. The summed E-state index contributed by atoms with van der Waals surface area (Å²) in [5.74, 6) is 2.29. The van der Waals surface area contributed by atoms with Crippen LogP contribution in [0.2, 0.25) is 0 Å². The fourth-order valence-corrected chi connectivity index (χ4v) is 9.96. The molecule has 1 aliphatic heterocycles. The molecule has 0 spiro atoms. The fraction of sp³-hybridized carbons (Fsp3) is 0.150. The maximum absolute atomic E-state index is 7.08. The summed E-state index contributed by atoms with van der Waals surface area (Å²) in [6.07, 6.45) is 1.93. The number of hydrogen-bond acceptors (Lipinski definition) is 5. The van der Waals surface area contributed by atoms with Crippen molar-refractivity contribution in [1.82, 2.24) is 9.55 Å². The number of anilines is 4. The molecule has 0 atom stereocenters. The quantitative estimate of drug-likeness (QED) is 0.156. The van der Waals surface area contributed by atoms with Gasteiger partial charge in [0.2, 0.25) is 0 Å². The third-order valence-corrected chi connectivity index (χ3v) is 13.4. The Kier molecular flexibility index (Phi) is 8.95. The van der Waals surface area contributed by atoms with Gasteiger partial charge in [-0.15, -0.1) is 0 Å². The first-order valence-electron chi connectivity index (χ1n) is 22.9. The van der Waals surface area contributed by atoms with Crippen molar-refractivity contribution in [2.75, 3.05) is 16.5 Å². The predicted octanol–water partition coefficient (Wildman–Crippen LogP) is 16.5. The van der Waals surface area contributed by atoms with Gasteiger partial charge in [0.15, 0.2) is 5.58 Å². The molecule has 3 aromatic heterocycles. The first kappa shape index (κ1) is 39.7. The number of aromatic nitrogens is 2. The van der Waals surface area contributed by atoms with Crippen LogP contribution in [0, 0.1) is 0 Å². The maximum Gasteiger partial charge on any atom is 0.161 e. The molecular weight excluding hydrogens is 809 g/mol. The van der Waals surface area contributed by atoms with Crippen molar-refractivity contribution in [2.45, 2.75) is 52.4 Å². The van der Waals surface area contributed by atoms with E-state index in [1.165, 1.54) is 33.3 Å². The summed E-state index contributed by atoms with van der Waals surface area (Å²) in [5.41, 5.74) is 12.8. The van der Waals surface area contributed by atoms with Crippen molar-refractivity contribution >= 4 is 77.3 Å². The maximum atomic E-state index is 7.08. The van der Waals surface area contributed by atoms with Crippen LogP contribution in [-0.4, -0.2) is 16.2 Å². The highest BCUT2D eigenvalue weighted by molar-refractivity contribution is 6.32. The Morgan fingerprint density at radius 1 is 0.485 bits per heavy atom. The van der Waals surface area contributed by atoms with Crippen molar-refractivity contribution in [3.05, 3.63) is 193 Å². The lowest BCUT2D eigenvalue weighted by atomic mass is 9.87. The van der Waals surface area contributed by atoms with E-state index in [-0.39, 0.29) is 10.8 Å². The summed E-state index contributed by atoms with van der Waals surface area (Å²) < 4.78 is 16.4. The van der Waals surface area contributed by atoms with E-state index in [0.717, 1.165) is 77.8 Å². The number of hydrogen-bond donors (Lipinski definition) is 0. The van der Waals surface area contributed by atoms with Crippen molar-refractivity contribution in [2.24, 2.45) is 0 Å². The van der Waals surface area contributed by atoms with Gasteiger partial charge in [-0.1, -0.05) is 145 Å². The number of ether oxygens (including phenoxy) is 1. The normalized spacial score (nSPS) is 13.2. The van der Waals surface area contributed by atoms with E-state index in [4.69, 9.17) is 14.1 Å². The molecule has 0 saturated heterocycles. The molecule has 8 aromatic carbocycles. The molecule has 0 amide bonds. The van der Waals surface area contributed by atoms with E-state index < -0.39 is 0 Å². The smallest absolute Gasteiger partial charge is 0.161 e. The number of para-hydroxylation sites is 2. The van der Waals surface area contributed by atoms with Crippen LogP contribution < -0.4 is 14.5 Å². The lowest BCUT2D eigenvalue weighted by Crippen LogP contribution is -2.24. The molecule has 6 nitrogen and oxygen atoms in total. The van der Waals surface area contributed by atoms with Crippen LogP contribution in [0.4, 0.5) is 22.7 Å². The Morgan fingerprint density at radius 3 is 1.88 bits per heavy atom. The molecule has 0 bridgehead atoms. The number of furan rings is 1. The van der Waals surface area contributed by atoms with Gasteiger partial charge in [0, 0.05) is 40.5 Å². The molecular formula is C60H50N4O2. The Labute approximate surface area is 384 Å². The average molecular weight is 859 g/mol. The van der Waals surface area contributed by atoms with Gasteiger partial charge < -0.3 is 19.0 Å². The van der Waals surface area contributed by atoms with Gasteiger partial charge in [-0.05, 0) is 110 Å². The molecule has 4 heterocycles. The van der Waals surface area contributed by atoms with E-state index in [9.17, 15) is 0 Å². The zero-order valence-electron chi connectivity index (χ0n) is 38.1. The summed E-state index contributed by atoms with van der Waals surface area (Å²) in [6.45, 7) is 14.2. The van der Waals surface area contributed by atoms with Crippen molar-refractivity contribution in [1.29, 1.82) is 0 Å². The zero-order valence-corrected chi connectivity index (χ0v) is 38.1. The van der Waals surface area contributed by atoms with Gasteiger partial charge in [0.1, 0.15) is 35.1 Å². The third kappa shape index (κ3) is 6.50. The van der Waals surface area contributed by atoms with Crippen LogP contribution in [0.15, 0.2) is 187 Å². The molecule has 0 saturated carbocycles. The second kappa shape index (κ2) is 14.9. The molecule has 322 valence electrons. The molecule has 0 unspecified atom stereocenters. The van der Waals surface area contributed by atoms with E-state index in [0.29, 0.717) is 12.4 Å². The Morgan fingerprint density at radius 2 is 1.14 bits per heavy atom. The summed E-state index contributed by atoms with van der Waals surface area (Å²) in [6, 6.07) is 62.8. The van der Waals surface area contributed by atoms with Gasteiger partial charge in [-0.25, -0.2) is 4.98 Å². The molecule has 6 heteroatoms. The minimum absolute atomic E-state index is 0.0315. The van der Waals surface area contributed by atoms with Crippen LogP contribution in [0.25, 0.3) is 71.5 Å². The molecule has 0 aliphatic carbocycles. The fourth-order valence-electron chi connectivity index (χ4n) is 9.96. The molecule has 0 radical (unpaired) electrons. The lowest BCUT2D eigenvalue weighted by molar-refractivity contribution is 0.483. The highest BCUT2D eigenvalue weighted by Crippen LogP contribution is 2.48. The summed E-state index contributed by atoms with van der Waals surface area (Å²) in [7, 11) is 0. The first-order valence-corrected chi connectivity index (χ1v) is 22.9.